The number of aryl methyl sites for hydroxylation is 1. The molecule has 21 heavy (non-hydrogen) atoms. The lowest BCUT2D eigenvalue weighted by Crippen LogP contribution is -2.38. The van der Waals surface area contributed by atoms with E-state index >= 15 is 0 Å². The number of morpholine rings is 1. The molecule has 0 saturated carbocycles. The summed E-state index contributed by atoms with van der Waals surface area (Å²) in [5, 5.41) is 12.9. The second-order valence-electron chi connectivity index (χ2n) is 5.87. The van der Waals surface area contributed by atoms with E-state index in [4.69, 9.17) is 4.74 Å². The normalized spacial score (nSPS) is 17.8. The zero-order valence-electron chi connectivity index (χ0n) is 13.1. The predicted molar refractivity (Wildman–Crippen MR) is 85.8 cm³/mol. The van der Waals surface area contributed by atoms with Crippen LogP contribution in [0.2, 0.25) is 0 Å². The number of phenols is 1. The summed E-state index contributed by atoms with van der Waals surface area (Å²) in [5.41, 5.74) is 1.29. The maximum Gasteiger partial charge on any atom is 0.115 e. The van der Waals surface area contributed by atoms with Crippen molar-refractivity contribution in [2.24, 2.45) is 0 Å². The number of hydrogen-bond acceptors (Lipinski definition) is 4. The van der Waals surface area contributed by atoms with Crippen molar-refractivity contribution in [3.8, 4) is 5.75 Å². The van der Waals surface area contributed by atoms with Gasteiger partial charge in [0.05, 0.1) is 13.2 Å². The van der Waals surface area contributed by atoms with Gasteiger partial charge in [0.1, 0.15) is 5.75 Å². The van der Waals surface area contributed by atoms with Crippen LogP contribution in [-0.4, -0.2) is 55.4 Å². The molecule has 118 valence electrons. The van der Waals surface area contributed by atoms with Crippen molar-refractivity contribution < 1.29 is 9.84 Å². The number of aromatic hydroxyl groups is 1. The van der Waals surface area contributed by atoms with Crippen molar-refractivity contribution in [2.75, 3.05) is 39.4 Å². The lowest BCUT2D eigenvalue weighted by molar-refractivity contribution is 0.0374. The SMILES string of the molecule is CC(CCc1ccc(O)cc1)NCCCN1CCOCC1. The smallest absolute Gasteiger partial charge is 0.115 e. The molecule has 1 heterocycles. The van der Waals surface area contributed by atoms with Crippen LogP contribution in [0.5, 0.6) is 5.75 Å². The number of ether oxygens (including phenoxy) is 1. The van der Waals surface area contributed by atoms with Crippen LogP contribution in [0, 0.1) is 0 Å². The molecule has 0 radical (unpaired) electrons. The number of nitrogens with one attached hydrogen (secondary N) is 1. The minimum atomic E-state index is 0.341. The highest BCUT2D eigenvalue weighted by Gasteiger charge is 2.09. The van der Waals surface area contributed by atoms with Crippen LogP contribution in [0.15, 0.2) is 24.3 Å². The van der Waals surface area contributed by atoms with Crippen LogP contribution in [-0.2, 0) is 11.2 Å². The number of phenolic OH excluding ortho intramolecular Hbond substituents is 1. The molecule has 0 aliphatic carbocycles. The number of rotatable bonds is 8. The zero-order chi connectivity index (χ0) is 14.9. The van der Waals surface area contributed by atoms with Gasteiger partial charge in [-0.3, -0.25) is 4.90 Å². The molecule has 1 saturated heterocycles. The first-order valence-corrected chi connectivity index (χ1v) is 8.05. The fourth-order valence-corrected chi connectivity index (χ4v) is 2.62. The van der Waals surface area contributed by atoms with E-state index in [9.17, 15) is 5.11 Å². The molecule has 2 N–H and O–H groups in total. The van der Waals surface area contributed by atoms with Gasteiger partial charge in [-0.05, 0) is 57.0 Å². The molecule has 1 aromatic carbocycles. The molecule has 2 rings (SSSR count). The van der Waals surface area contributed by atoms with Crippen molar-refractivity contribution in [2.45, 2.75) is 32.2 Å². The molecule has 0 bridgehead atoms. The predicted octanol–water partition coefficient (Wildman–Crippen LogP) is 2.03. The number of benzene rings is 1. The average molecular weight is 292 g/mol. The van der Waals surface area contributed by atoms with Crippen molar-refractivity contribution >= 4 is 0 Å². The quantitative estimate of drug-likeness (QED) is 0.720. The molecule has 0 aromatic heterocycles. The van der Waals surface area contributed by atoms with Gasteiger partial charge in [-0.2, -0.15) is 0 Å². The second kappa shape index (κ2) is 9.03. The van der Waals surface area contributed by atoms with Gasteiger partial charge in [-0.1, -0.05) is 12.1 Å². The summed E-state index contributed by atoms with van der Waals surface area (Å²) in [7, 11) is 0. The van der Waals surface area contributed by atoms with E-state index < -0.39 is 0 Å². The van der Waals surface area contributed by atoms with Crippen molar-refractivity contribution in [1.29, 1.82) is 0 Å². The summed E-state index contributed by atoms with van der Waals surface area (Å²) in [6.45, 7) is 8.42. The van der Waals surface area contributed by atoms with E-state index in [2.05, 4.69) is 17.1 Å². The van der Waals surface area contributed by atoms with Crippen LogP contribution in [0.1, 0.15) is 25.3 Å². The molecule has 4 heteroatoms. The molecule has 1 aliphatic rings. The van der Waals surface area contributed by atoms with E-state index in [1.807, 2.05) is 12.1 Å². The zero-order valence-corrected chi connectivity index (χ0v) is 13.1. The Balaban J connectivity index is 1.52. The lowest BCUT2D eigenvalue weighted by atomic mass is 10.1. The number of hydrogen-bond donors (Lipinski definition) is 2. The van der Waals surface area contributed by atoms with E-state index in [1.165, 1.54) is 18.5 Å². The van der Waals surface area contributed by atoms with Gasteiger partial charge < -0.3 is 15.2 Å². The van der Waals surface area contributed by atoms with Crippen LogP contribution in [0.25, 0.3) is 0 Å². The van der Waals surface area contributed by atoms with Gasteiger partial charge in [0.2, 0.25) is 0 Å². The van der Waals surface area contributed by atoms with Crippen molar-refractivity contribution in [1.82, 2.24) is 10.2 Å². The Kier molecular flexibility index (Phi) is 7.00. The minimum absolute atomic E-state index is 0.341. The molecule has 1 fully saturated rings. The summed E-state index contributed by atoms with van der Waals surface area (Å²) < 4.78 is 5.35. The van der Waals surface area contributed by atoms with Crippen molar-refractivity contribution in [3.05, 3.63) is 29.8 Å². The third-order valence-corrected chi connectivity index (χ3v) is 4.05. The van der Waals surface area contributed by atoms with Crippen LogP contribution >= 0.6 is 0 Å². The first kappa shape index (κ1) is 16.3. The monoisotopic (exact) mass is 292 g/mol. The third-order valence-electron chi connectivity index (χ3n) is 4.05. The molecule has 4 nitrogen and oxygen atoms in total. The summed E-state index contributed by atoms with van der Waals surface area (Å²) in [5.74, 6) is 0.341. The largest absolute Gasteiger partial charge is 0.508 e. The van der Waals surface area contributed by atoms with E-state index in [0.29, 0.717) is 11.8 Å². The lowest BCUT2D eigenvalue weighted by Gasteiger charge is -2.26. The molecular weight excluding hydrogens is 264 g/mol. The average Bonchev–Trinajstić information content (AvgIpc) is 2.52. The Morgan fingerprint density at radius 2 is 1.95 bits per heavy atom. The summed E-state index contributed by atoms with van der Waals surface area (Å²) >= 11 is 0. The van der Waals surface area contributed by atoms with Gasteiger partial charge in [0.15, 0.2) is 0 Å². The van der Waals surface area contributed by atoms with Gasteiger partial charge in [-0.25, -0.2) is 0 Å². The highest BCUT2D eigenvalue weighted by Crippen LogP contribution is 2.11. The van der Waals surface area contributed by atoms with Crippen LogP contribution in [0.3, 0.4) is 0 Å². The Morgan fingerprint density at radius 3 is 2.67 bits per heavy atom. The van der Waals surface area contributed by atoms with E-state index in [0.717, 1.165) is 45.7 Å². The number of nitrogens with zero attached hydrogens (tertiary/aromatic N) is 1. The Morgan fingerprint density at radius 1 is 1.24 bits per heavy atom. The van der Waals surface area contributed by atoms with Gasteiger partial charge in [-0.15, -0.1) is 0 Å². The van der Waals surface area contributed by atoms with Gasteiger partial charge in [0.25, 0.3) is 0 Å². The molecule has 1 aromatic rings. The molecule has 1 aliphatic heterocycles. The third kappa shape index (κ3) is 6.46. The molecule has 1 unspecified atom stereocenters. The van der Waals surface area contributed by atoms with E-state index in [1.54, 1.807) is 12.1 Å². The fraction of sp³-hybridized carbons (Fsp3) is 0.647. The Labute approximate surface area is 128 Å². The van der Waals surface area contributed by atoms with Gasteiger partial charge >= 0.3 is 0 Å². The topological polar surface area (TPSA) is 44.7 Å². The van der Waals surface area contributed by atoms with E-state index in [-0.39, 0.29) is 0 Å². The van der Waals surface area contributed by atoms with Crippen LogP contribution < -0.4 is 5.32 Å². The molecule has 0 spiro atoms. The Hall–Kier alpha value is -1.10. The molecular formula is C17H28N2O2. The Bertz CT molecular complexity index is 388. The summed E-state index contributed by atoms with van der Waals surface area (Å²) in [4.78, 5) is 2.48. The first-order chi connectivity index (χ1) is 10.2. The van der Waals surface area contributed by atoms with Crippen LogP contribution in [0.4, 0.5) is 0 Å². The minimum Gasteiger partial charge on any atom is -0.508 e. The fourth-order valence-electron chi connectivity index (χ4n) is 2.62. The maximum atomic E-state index is 9.26. The second-order valence-corrected chi connectivity index (χ2v) is 5.87. The summed E-state index contributed by atoms with van der Waals surface area (Å²) in [6, 6.07) is 8.05. The molecule has 0 amide bonds. The standard InChI is InChI=1S/C17H28N2O2/c1-15(3-4-16-5-7-17(20)8-6-16)18-9-2-10-19-11-13-21-14-12-19/h5-8,15,18,20H,2-4,9-14H2,1H3. The highest BCUT2D eigenvalue weighted by atomic mass is 16.5. The molecule has 1 atom stereocenters. The maximum absolute atomic E-state index is 9.26. The first-order valence-electron chi connectivity index (χ1n) is 8.05. The van der Waals surface area contributed by atoms with Gasteiger partial charge in [0, 0.05) is 19.1 Å². The van der Waals surface area contributed by atoms with Crippen molar-refractivity contribution in [3.63, 3.8) is 0 Å². The summed E-state index contributed by atoms with van der Waals surface area (Å²) in [6.07, 6.45) is 3.38. The highest BCUT2D eigenvalue weighted by molar-refractivity contribution is 5.25.